The Labute approximate surface area is 215 Å². The summed E-state index contributed by atoms with van der Waals surface area (Å²) in [5, 5.41) is 9.05. The minimum atomic E-state index is -5.19. The molecule has 2 aromatic rings. The normalized spacial score (nSPS) is 15.8. The lowest BCUT2D eigenvalue weighted by Crippen LogP contribution is -2.37. The second-order valence-electron chi connectivity index (χ2n) is 7.18. The Bertz CT molecular complexity index is 1270. The van der Waals surface area contributed by atoms with Gasteiger partial charge >= 0.3 is 6.18 Å². The van der Waals surface area contributed by atoms with Gasteiger partial charge in [-0.05, 0) is 36.2 Å². The van der Waals surface area contributed by atoms with Gasteiger partial charge in [0.25, 0.3) is 0 Å². The Morgan fingerprint density at radius 3 is 2.31 bits per heavy atom. The number of rotatable bonds is 8. The summed E-state index contributed by atoms with van der Waals surface area (Å²) in [6, 6.07) is 6.65. The zero-order chi connectivity index (χ0) is 31.2. The molecule has 3 rings (SSSR count). The van der Waals surface area contributed by atoms with Crippen LogP contribution in [0.3, 0.4) is 0 Å². The molecule has 0 spiro atoms. The molecule has 1 aliphatic rings. The molecule has 0 unspecified atom stereocenters. The number of alkyl halides is 3. The van der Waals surface area contributed by atoms with Gasteiger partial charge in [0.05, 0.1) is 36.0 Å². The average Bonchev–Trinajstić information content (AvgIpc) is 2.82. The molecule has 0 bridgehead atoms. The monoisotopic (exact) mass is 523 g/mol. The summed E-state index contributed by atoms with van der Waals surface area (Å²) in [6.45, 7) is 3.82. The molecule has 0 fully saturated rings. The van der Waals surface area contributed by atoms with Gasteiger partial charge in [-0.2, -0.15) is 13.2 Å². The van der Waals surface area contributed by atoms with Crippen LogP contribution in [-0.4, -0.2) is 63.8 Å². The summed E-state index contributed by atoms with van der Waals surface area (Å²) in [7, 11) is -3.94. The number of aliphatic carboxylic acids is 1. The van der Waals surface area contributed by atoms with Crippen molar-refractivity contribution in [2.45, 2.75) is 25.9 Å². The van der Waals surface area contributed by atoms with Crippen molar-refractivity contribution in [2.24, 2.45) is 0 Å². The van der Waals surface area contributed by atoms with Gasteiger partial charge in [-0.3, -0.25) is 0 Å². The first-order valence-corrected chi connectivity index (χ1v) is 10.6. The fourth-order valence-corrected chi connectivity index (χ4v) is 3.52. The molecule has 0 amide bonds. The highest BCUT2D eigenvalue weighted by Crippen LogP contribution is 2.34. The van der Waals surface area contributed by atoms with E-state index in [1.807, 2.05) is 25.3 Å². The maximum Gasteiger partial charge on any atom is 0.430 e. The summed E-state index contributed by atoms with van der Waals surface area (Å²) in [5.41, 5.74) is 2.81. The van der Waals surface area contributed by atoms with Gasteiger partial charge in [-0.25, -0.2) is 4.58 Å². The third-order valence-corrected chi connectivity index (χ3v) is 5.30. The highest BCUT2D eigenvalue weighted by Gasteiger charge is 2.28. The van der Waals surface area contributed by atoms with Crippen LogP contribution in [0, 0.1) is 0 Å². The van der Waals surface area contributed by atoms with Crippen LogP contribution in [0.1, 0.15) is 31.8 Å². The number of hydrogen-bond donors (Lipinski definition) is 0. The van der Waals surface area contributed by atoms with Crippen molar-refractivity contribution in [3.8, 4) is 23.0 Å². The van der Waals surface area contributed by atoms with Crippen LogP contribution in [0.2, 0.25) is 5.02 Å². The van der Waals surface area contributed by atoms with E-state index in [0.717, 1.165) is 24.1 Å². The molecule has 0 N–H and O–H groups in total. The molecule has 7 nitrogen and oxygen atoms in total. The first kappa shape index (κ1) is 20.1. The summed E-state index contributed by atoms with van der Waals surface area (Å²) >= 11 is 6.37. The highest BCUT2D eigenvalue weighted by atomic mass is 35.5. The predicted octanol–water partition coefficient (Wildman–Crippen LogP) is 3.29. The molecular weight excluding hydrogens is 491 g/mol. The van der Waals surface area contributed by atoms with E-state index in [2.05, 4.69) is 4.58 Å². The SMILES string of the molecule is O=C([O-])C(F)(F)F.[2H]C([2H])([2H])Oc1cc(Cl)c(CC[N+]2=Cc3cc(OCC)c(OC)cc3CC2)cc1OC([2H])([2H])[2H]. The van der Waals surface area contributed by atoms with E-state index in [1.165, 1.54) is 12.1 Å². The number of benzene rings is 2. The first-order chi connectivity index (χ1) is 18.8. The average molecular weight is 524 g/mol. The molecule has 0 atom stereocenters. The van der Waals surface area contributed by atoms with Gasteiger partial charge in [0.15, 0.2) is 29.2 Å². The van der Waals surface area contributed by atoms with Crippen molar-refractivity contribution in [1.29, 1.82) is 0 Å². The molecule has 1 heterocycles. The van der Waals surface area contributed by atoms with Crippen LogP contribution < -0.4 is 24.1 Å². The summed E-state index contributed by atoms with van der Waals surface area (Å²) in [4.78, 5) is 8.78. The van der Waals surface area contributed by atoms with Crippen molar-refractivity contribution in [1.82, 2.24) is 0 Å². The number of halogens is 4. The quantitative estimate of drug-likeness (QED) is 0.494. The van der Waals surface area contributed by atoms with Gasteiger partial charge in [-0.15, -0.1) is 0 Å². The van der Waals surface area contributed by atoms with E-state index in [9.17, 15) is 13.2 Å². The summed E-state index contributed by atoms with van der Waals surface area (Å²) in [5.74, 6) is -2.07. The minimum Gasteiger partial charge on any atom is -0.542 e. The Morgan fingerprint density at radius 2 is 1.74 bits per heavy atom. The van der Waals surface area contributed by atoms with Gasteiger partial charge < -0.3 is 28.8 Å². The second kappa shape index (κ2) is 12.5. The number of fused-ring (bicyclic) bond motifs is 1. The molecule has 0 aliphatic carbocycles. The van der Waals surface area contributed by atoms with Gasteiger partial charge in [0.2, 0.25) is 0 Å². The second-order valence-corrected chi connectivity index (χ2v) is 7.59. The van der Waals surface area contributed by atoms with Gasteiger partial charge in [0, 0.05) is 29.5 Å². The smallest absolute Gasteiger partial charge is 0.430 e. The lowest BCUT2D eigenvalue weighted by Gasteiger charge is -2.17. The fourth-order valence-electron chi connectivity index (χ4n) is 3.28. The number of carboxylic acids is 1. The lowest BCUT2D eigenvalue weighted by atomic mass is 10.0. The zero-order valence-electron chi connectivity index (χ0n) is 24.8. The molecule has 2 aromatic carbocycles. The molecule has 0 saturated carbocycles. The number of methoxy groups -OCH3 is 3. The third kappa shape index (κ3) is 7.68. The highest BCUT2D eigenvalue weighted by molar-refractivity contribution is 6.31. The number of carboxylic acid groups (broad SMARTS) is 1. The molecule has 0 aromatic heterocycles. The largest absolute Gasteiger partial charge is 0.542 e. The van der Waals surface area contributed by atoms with Crippen LogP contribution in [0.15, 0.2) is 24.3 Å². The van der Waals surface area contributed by atoms with E-state index in [4.69, 9.17) is 48.7 Å². The number of carbonyl (C=O) groups is 1. The van der Waals surface area contributed by atoms with E-state index in [-0.39, 0.29) is 16.5 Å². The van der Waals surface area contributed by atoms with Crippen molar-refractivity contribution in [3.63, 3.8) is 0 Å². The zero-order valence-corrected chi connectivity index (χ0v) is 19.6. The Morgan fingerprint density at radius 1 is 1.11 bits per heavy atom. The van der Waals surface area contributed by atoms with Crippen molar-refractivity contribution >= 4 is 23.8 Å². The van der Waals surface area contributed by atoms with Crippen LogP contribution in [-0.2, 0) is 17.6 Å². The number of nitrogens with zero attached hydrogens (tertiary/aromatic N) is 1. The van der Waals surface area contributed by atoms with Crippen molar-refractivity contribution < 1.29 is 54.8 Å². The third-order valence-electron chi connectivity index (χ3n) is 4.95. The summed E-state index contributed by atoms with van der Waals surface area (Å²) in [6.07, 6.45) is -1.85. The predicted molar refractivity (Wildman–Crippen MR) is 122 cm³/mol. The minimum absolute atomic E-state index is 0.197. The number of carbonyl (C=O) groups excluding carboxylic acids is 1. The van der Waals surface area contributed by atoms with Crippen molar-refractivity contribution in [2.75, 3.05) is 40.9 Å². The van der Waals surface area contributed by atoms with Crippen molar-refractivity contribution in [3.05, 3.63) is 46.0 Å². The molecule has 0 radical (unpaired) electrons. The Hall–Kier alpha value is -3.14. The van der Waals surface area contributed by atoms with Gasteiger partial charge in [-0.1, -0.05) is 11.6 Å². The van der Waals surface area contributed by atoms with Crippen LogP contribution in [0.25, 0.3) is 0 Å². The molecule has 35 heavy (non-hydrogen) atoms. The maximum absolute atomic E-state index is 10.5. The Balaban J connectivity index is 0.000000745. The maximum atomic E-state index is 10.5. The van der Waals surface area contributed by atoms with E-state index in [0.29, 0.717) is 36.6 Å². The molecule has 0 saturated heterocycles. The first-order valence-electron chi connectivity index (χ1n) is 13.2. The Kier molecular flexibility index (Phi) is 7.19. The van der Waals surface area contributed by atoms with E-state index in [1.54, 1.807) is 7.11 Å². The summed E-state index contributed by atoms with van der Waals surface area (Å²) < 4.78 is 98.7. The van der Waals surface area contributed by atoms with E-state index < -0.39 is 26.2 Å². The topological polar surface area (TPSA) is 80.1 Å². The van der Waals surface area contributed by atoms with Gasteiger partial charge in [0.1, 0.15) is 19.1 Å². The fraction of sp³-hybridized carbons (Fsp3) is 0.417. The standard InChI is InChI=1S/C22H27ClNO4.C2HF3O2/c1-5-28-22-12-17-14-24(8-6-15(17)10-20(22)26-3)9-7-16-11-19(25-2)21(27-4)13-18(16)23;3-2(4,5)1(6)7/h10-14H,5-9H2,1-4H3;(H,6,7)/q+1;/p-1/i2D3,4D3;. The molecule has 11 heteroatoms. The van der Waals surface area contributed by atoms with Crippen LogP contribution >= 0.6 is 11.6 Å². The number of hydrogen-bond acceptors (Lipinski definition) is 6. The van der Waals surface area contributed by atoms with Crippen LogP contribution in [0.4, 0.5) is 13.2 Å². The van der Waals surface area contributed by atoms with E-state index >= 15 is 0 Å². The number of ether oxygens (including phenoxy) is 4. The molecule has 1 aliphatic heterocycles. The molecule has 192 valence electrons. The van der Waals surface area contributed by atoms with Crippen LogP contribution in [0.5, 0.6) is 23.0 Å². The molecular formula is C24H27ClF3NO6. The lowest BCUT2D eigenvalue weighted by molar-refractivity contribution is -0.523.